The maximum absolute atomic E-state index is 13.4. The summed E-state index contributed by atoms with van der Waals surface area (Å²) in [5.41, 5.74) is 1.67. The van der Waals surface area contributed by atoms with Gasteiger partial charge in [-0.05, 0) is 48.1 Å². The summed E-state index contributed by atoms with van der Waals surface area (Å²) in [4.78, 5) is 32.5. The molecule has 0 amide bonds. The van der Waals surface area contributed by atoms with E-state index in [1.165, 1.54) is 22.7 Å². The lowest BCUT2D eigenvalue weighted by atomic mass is 10.0. The van der Waals surface area contributed by atoms with Crippen LogP contribution in [0.15, 0.2) is 62.8 Å². The Morgan fingerprint density at radius 1 is 1.29 bits per heavy atom. The largest absolute Gasteiger partial charge is 0.462 e. The van der Waals surface area contributed by atoms with E-state index in [9.17, 15) is 9.59 Å². The molecule has 1 aliphatic rings. The van der Waals surface area contributed by atoms with Crippen molar-refractivity contribution in [2.45, 2.75) is 26.8 Å². The number of hydrogen-bond donors (Lipinski definition) is 0. The van der Waals surface area contributed by atoms with Gasteiger partial charge >= 0.3 is 5.97 Å². The number of allylic oxidation sites excluding steroid dienone is 1. The van der Waals surface area contributed by atoms with E-state index in [0.29, 0.717) is 32.2 Å². The molecule has 0 bridgehead atoms. The molecule has 0 saturated carbocycles. The van der Waals surface area contributed by atoms with E-state index in [4.69, 9.17) is 16.3 Å². The Morgan fingerprint density at radius 2 is 2.03 bits per heavy atom. The molecule has 1 aromatic carbocycles. The van der Waals surface area contributed by atoms with E-state index in [2.05, 4.69) is 4.99 Å². The number of thiophene rings is 1. The van der Waals surface area contributed by atoms with Crippen LogP contribution in [0.4, 0.5) is 0 Å². The standard InChI is InChI=1S/C23H21ClN2O3S2/c1-13(2)12-29-22(28)19-14(3)25-23-26(20(19)17-5-4-10-30-17)21(27)18(31-23)11-15-6-8-16(24)9-7-15/h4-11,13,20H,12H2,1-3H3/b18-11+/t20-/m1/s1. The molecule has 0 unspecified atom stereocenters. The van der Waals surface area contributed by atoms with Gasteiger partial charge in [-0.25, -0.2) is 9.79 Å². The lowest BCUT2D eigenvalue weighted by Gasteiger charge is -2.23. The van der Waals surface area contributed by atoms with Crippen molar-refractivity contribution < 1.29 is 9.53 Å². The van der Waals surface area contributed by atoms with E-state index in [1.807, 2.05) is 49.6 Å². The van der Waals surface area contributed by atoms with Crippen LogP contribution >= 0.6 is 34.3 Å². The molecule has 5 nitrogen and oxygen atoms in total. The average Bonchev–Trinajstić information content (AvgIpc) is 3.36. The van der Waals surface area contributed by atoms with Crippen molar-refractivity contribution in [3.05, 3.63) is 88.2 Å². The monoisotopic (exact) mass is 472 g/mol. The van der Waals surface area contributed by atoms with Crippen molar-refractivity contribution in [3.63, 3.8) is 0 Å². The lowest BCUT2D eigenvalue weighted by Crippen LogP contribution is -2.39. The average molecular weight is 473 g/mol. The number of nitrogens with zero attached hydrogens (tertiary/aromatic N) is 2. The molecule has 2 aromatic heterocycles. The van der Waals surface area contributed by atoms with Crippen LogP contribution in [0.1, 0.15) is 37.3 Å². The van der Waals surface area contributed by atoms with Gasteiger partial charge in [0.15, 0.2) is 4.80 Å². The Labute approximate surface area is 192 Å². The second-order valence-corrected chi connectivity index (χ2v) is 10.1. The van der Waals surface area contributed by atoms with Gasteiger partial charge in [0, 0.05) is 9.90 Å². The molecular weight excluding hydrogens is 452 g/mol. The van der Waals surface area contributed by atoms with E-state index in [-0.39, 0.29) is 11.5 Å². The number of fused-ring (bicyclic) bond motifs is 1. The summed E-state index contributed by atoms with van der Waals surface area (Å²) in [7, 11) is 0. The summed E-state index contributed by atoms with van der Waals surface area (Å²) < 4.78 is 7.68. The van der Waals surface area contributed by atoms with Crippen LogP contribution < -0.4 is 14.9 Å². The van der Waals surface area contributed by atoms with E-state index in [0.717, 1.165) is 10.4 Å². The highest BCUT2D eigenvalue weighted by molar-refractivity contribution is 7.10. The van der Waals surface area contributed by atoms with E-state index < -0.39 is 12.0 Å². The van der Waals surface area contributed by atoms with Gasteiger partial charge < -0.3 is 4.74 Å². The van der Waals surface area contributed by atoms with Gasteiger partial charge in [0.1, 0.15) is 6.04 Å². The molecule has 3 aromatic rings. The van der Waals surface area contributed by atoms with Gasteiger partial charge in [-0.2, -0.15) is 0 Å². The number of thiazole rings is 1. The minimum atomic E-state index is -0.553. The number of esters is 1. The lowest BCUT2D eigenvalue weighted by molar-refractivity contribution is -0.140. The number of halogens is 1. The Morgan fingerprint density at radius 3 is 2.68 bits per heavy atom. The summed E-state index contributed by atoms with van der Waals surface area (Å²) in [6, 6.07) is 10.6. The number of aromatic nitrogens is 1. The molecule has 0 fully saturated rings. The number of rotatable bonds is 5. The number of carbonyl (C=O) groups is 1. The maximum Gasteiger partial charge on any atom is 0.338 e. The zero-order valence-electron chi connectivity index (χ0n) is 17.3. The Bertz CT molecular complexity index is 1320. The summed E-state index contributed by atoms with van der Waals surface area (Å²) in [5.74, 6) is -0.217. The molecule has 160 valence electrons. The van der Waals surface area contributed by atoms with Gasteiger partial charge in [0.2, 0.25) is 0 Å². The van der Waals surface area contributed by atoms with Crippen molar-refractivity contribution in [1.82, 2.24) is 4.57 Å². The third kappa shape index (κ3) is 4.44. The van der Waals surface area contributed by atoms with E-state index in [1.54, 1.807) is 23.6 Å². The van der Waals surface area contributed by atoms with Crippen molar-refractivity contribution in [1.29, 1.82) is 0 Å². The van der Waals surface area contributed by atoms with Crippen molar-refractivity contribution in [3.8, 4) is 0 Å². The first-order valence-corrected chi connectivity index (χ1v) is 11.9. The summed E-state index contributed by atoms with van der Waals surface area (Å²) >= 11 is 8.78. The molecule has 0 aliphatic carbocycles. The minimum absolute atomic E-state index is 0.182. The van der Waals surface area contributed by atoms with Crippen LogP contribution in [-0.4, -0.2) is 17.1 Å². The molecule has 1 atom stereocenters. The summed E-state index contributed by atoms with van der Waals surface area (Å²) in [6.45, 7) is 6.07. The van der Waals surface area contributed by atoms with Crippen LogP contribution in [-0.2, 0) is 9.53 Å². The number of carbonyl (C=O) groups excluding carboxylic acids is 1. The van der Waals surface area contributed by atoms with Crippen molar-refractivity contribution in [2.75, 3.05) is 6.61 Å². The molecular formula is C23H21ClN2O3S2. The summed E-state index contributed by atoms with van der Waals surface area (Å²) in [6.07, 6.45) is 1.82. The van der Waals surface area contributed by atoms with Crippen LogP contribution in [0.5, 0.6) is 0 Å². The van der Waals surface area contributed by atoms with Gasteiger partial charge in [-0.15, -0.1) is 11.3 Å². The Hall–Kier alpha value is -2.48. The molecule has 0 spiro atoms. The third-order valence-corrected chi connectivity index (χ3v) is 6.93. The van der Waals surface area contributed by atoms with Crippen LogP contribution in [0, 0.1) is 5.92 Å². The zero-order chi connectivity index (χ0) is 22.1. The normalized spacial score (nSPS) is 16.4. The van der Waals surface area contributed by atoms with Crippen molar-refractivity contribution in [2.24, 2.45) is 10.9 Å². The molecule has 31 heavy (non-hydrogen) atoms. The quantitative estimate of drug-likeness (QED) is 0.524. The topological polar surface area (TPSA) is 60.7 Å². The van der Waals surface area contributed by atoms with Crippen LogP contribution in [0.3, 0.4) is 0 Å². The molecule has 0 N–H and O–H groups in total. The van der Waals surface area contributed by atoms with Crippen molar-refractivity contribution >= 4 is 46.3 Å². The Kier molecular flexibility index (Phi) is 6.27. The minimum Gasteiger partial charge on any atom is -0.462 e. The van der Waals surface area contributed by atoms with Gasteiger partial charge in [0.25, 0.3) is 5.56 Å². The number of benzene rings is 1. The van der Waals surface area contributed by atoms with Gasteiger partial charge in [0.05, 0.1) is 22.4 Å². The number of hydrogen-bond acceptors (Lipinski definition) is 6. The molecule has 1 aliphatic heterocycles. The van der Waals surface area contributed by atoms with Gasteiger partial charge in [-0.1, -0.05) is 55.0 Å². The summed E-state index contributed by atoms with van der Waals surface area (Å²) in [5, 5.41) is 2.57. The highest BCUT2D eigenvalue weighted by Crippen LogP contribution is 2.33. The first kappa shape index (κ1) is 21.7. The third-order valence-electron chi connectivity index (χ3n) is 4.77. The molecule has 4 rings (SSSR count). The van der Waals surface area contributed by atoms with Gasteiger partial charge in [-0.3, -0.25) is 9.36 Å². The molecule has 8 heteroatoms. The second-order valence-electron chi connectivity index (χ2n) is 7.64. The molecule has 3 heterocycles. The van der Waals surface area contributed by atoms with Crippen LogP contribution in [0.25, 0.3) is 6.08 Å². The fraction of sp³-hybridized carbons (Fsp3) is 0.261. The van der Waals surface area contributed by atoms with E-state index >= 15 is 0 Å². The number of ether oxygens (including phenoxy) is 1. The maximum atomic E-state index is 13.4. The predicted molar refractivity (Wildman–Crippen MR) is 125 cm³/mol. The highest BCUT2D eigenvalue weighted by Gasteiger charge is 2.34. The fourth-order valence-corrected chi connectivity index (χ4v) is 5.33. The first-order valence-electron chi connectivity index (χ1n) is 9.84. The predicted octanol–water partition coefficient (Wildman–Crippen LogP) is 4.15. The highest BCUT2D eigenvalue weighted by atomic mass is 35.5. The smallest absolute Gasteiger partial charge is 0.338 e. The van der Waals surface area contributed by atoms with Crippen LogP contribution in [0.2, 0.25) is 5.02 Å². The first-order chi connectivity index (χ1) is 14.8. The fourth-order valence-electron chi connectivity index (χ4n) is 3.33. The molecule has 0 radical (unpaired) electrons. The zero-order valence-corrected chi connectivity index (χ0v) is 19.7. The SMILES string of the molecule is CC1=C(C(=O)OCC(C)C)[C@@H](c2cccs2)n2c(s/c(=C/c3ccc(Cl)cc3)c2=O)=N1. The molecule has 0 saturated heterocycles. The second kappa shape index (κ2) is 8.94. The Balaban J connectivity index is 1.86.